The molecule has 4 rings (SSSR count). The van der Waals surface area contributed by atoms with Gasteiger partial charge in [-0.15, -0.1) is 0 Å². The number of aromatic nitrogens is 1. The van der Waals surface area contributed by atoms with E-state index in [2.05, 4.69) is 17.1 Å². The number of methoxy groups -OCH3 is 2. The number of aryl methyl sites for hydroxylation is 1. The van der Waals surface area contributed by atoms with Crippen LogP contribution in [0.5, 0.6) is 11.5 Å². The maximum Gasteiger partial charge on any atom is 0.261 e. The molecule has 0 radical (unpaired) electrons. The zero-order chi connectivity index (χ0) is 20.5. The van der Waals surface area contributed by atoms with Gasteiger partial charge in [-0.25, -0.2) is 0 Å². The van der Waals surface area contributed by atoms with Crippen LogP contribution < -0.4 is 20.3 Å². The summed E-state index contributed by atoms with van der Waals surface area (Å²) < 4.78 is 18.6. The molecular formula is C22H27N3O4. The summed E-state index contributed by atoms with van der Waals surface area (Å²) in [6.07, 6.45) is 1.81. The quantitative estimate of drug-likeness (QED) is 0.714. The van der Waals surface area contributed by atoms with E-state index < -0.39 is 0 Å². The van der Waals surface area contributed by atoms with Crippen LogP contribution in [0.25, 0.3) is 22.1 Å². The minimum absolute atomic E-state index is 0.0624. The summed E-state index contributed by atoms with van der Waals surface area (Å²) in [7, 11) is 4.98. The number of hydrogen-bond donors (Lipinski definition) is 1. The highest BCUT2D eigenvalue weighted by Crippen LogP contribution is 2.35. The second-order valence-corrected chi connectivity index (χ2v) is 7.51. The molecule has 154 valence electrons. The lowest BCUT2D eigenvalue weighted by Crippen LogP contribution is -2.49. The lowest BCUT2D eigenvalue weighted by atomic mass is 10.1. The Hall–Kier alpha value is -2.77. The van der Waals surface area contributed by atoms with Crippen LogP contribution in [0.15, 0.2) is 39.7 Å². The summed E-state index contributed by atoms with van der Waals surface area (Å²) in [5.41, 5.74) is 2.30. The molecule has 2 aromatic heterocycles. The predicted molar refractivity (Wildman–Crippen MR) is 113 cm³/mol. The van der Waals surface area contributed by atoms with E-state index in [1.165, 1.54) is 0 Å². The fourth-order valence-corrected chi connectivity index (χ4v) is 3.91. The minimum Gasteiger partial charge on any atom is -0.493 e. The van der Waals surface area contributed by atoms with Gasteiger partial charge in [-0.2, -0.15) is 0 Å². The molecule has 1 aromatic carbocycles. The van der Waals surface area contributed by atoms with Crippen LogP contribution in [0.4, 0.5) is 0 Å². The van der Waals surface area contributed by atoms with E-state index in [0.29, 0.717) is 35.1 Å². The topological polar surface area (TPSA) is 68.9 Å². The molecule has 1 atom stereocenters. The smallest absolute Gasteiger partial charge is 0.261 e. The molecule has 0 unspecified atom stereocenters. The van der Waals surface area contributed by atoms with Crippen LogP contribution in [0.1, 0.15) is 12.7 Å². The van der Waals surface area contributed by atoms with Crippen molar-refractivity contribution >= 4 is 11.0 Å². The summed E-state index contributed by atoms with van der Waals surface area (Å²) in [4.78, 5) is 15.1. The average molecular weight is 397 g/mol. The number of hydrogen-bond acceptors (Lipinski definition) is 6. The molecule has 1 fully saturated rings. The Morgan fingerprint density at radius 2 is 2.00 bits per heavy atom. The van der Waals surface area contributed by atoms with E-state index in [0.717, 1.165) is 36.5 Å². The Morgan fingerprint density at radius 3 is 2.72 bits per heavy atom. The zero-order valence-corrected chi connectivity index (χ0v) is 17.3. The lowest BCUT2D eigenvalue weighted by Gasteiger charge is -2.33. The molecule has 0 saturated carbocycles. The summed E-state index contributed by atoms with van der Waals surface area (Å²) >= 11 is 0. The number of benzene rings is 1. The molecule has 3 aromatic rings. The van der Waals surface area contributed by atoms with Gasteiger partial charge in [0.15, 0.2) is 11.5 Å². The van der Waals surface area contributed by atoms with Crippen molar-refractivity contribution in [1.82, 2.24) is 14.8 Å². The van der Waals surface area contributed by atoms with E-state index in [4.69, 9.17) is 13.9 Å². The number of rotatable bonds is 5. The third-order valence-electron chi connectivity index (χ3n) is 5.59. The molecule has 0 amide bonds. The highest BCUT2D eigenvalue weighted by atomic mass is 16.5. The molecule has 1 aliphatic heterocycles. The van der Waals surface area contributed by atoms with Gasteiger partial charge < -0.3 is 23.8 Å². The number of nitrogens with zero attached hydrogens (tertiary/aromatic N) is 2. The number of fused-ring (bicyclic) bond motifs is 1. The molecular weight excluding hydrogens is 370 g/mol. The maximum absolute atomic E-state index is 12.7. The van der Waals surface area contributed by atoms with Gasteiger partial charge >= 0.3 is 0 Å². The Labute approximate surface area is 169 Å². The van der Waals surface area contributed by atoms with Crippen molar-refractivity contribution in [1.29, 1.82) is 0 Å². The molecule has 1 N–H and O–H groups in total. The average Bonchev–Trinajstić information content (AvgIpc) is 3.16. The summed E-state index contributed by atoms with van der Waals surface area (Å²) in [5.74, 6) is 2.09. The monoisotopic (exact) mass is 397 g/mol. The lowest BCUT2D eigenvalue weighted by molar-refractivity contribution is 0.155. The first kappa shape index (κ1) is 19.5. The van der Waals surface area contributed by atoms with Crippen LogP contribution in [-0.4, -0.2) is 49.4 Å². The fraction of sp³-hybridized carbons (Fsp3) is 0.409. The predicted octanol–water partition coefficient (Wildman–Crippen LogP) is 2.61. The van der Waals surface area contributed by atoms with Crippen molar-refractivity contribution in [2.45, 2.75) is 19.5 Å². The summed E-state index contributed by atoms with van der Waals surface area (Å²) in [6.45, 7) is 5.76. The first-order chi connectivity index (χ1) is 14.0. The number of furan rings is 1. The molecule has 1 aliphatic rings. The Balaban J connectivity index is 1.79. The van der Waals surface area contributed by atoms with Crippen molar-refractivity contribution in [3.05, 3.63) is 46.6 Å². The van der Waals surface area contributed by atoms with Crippen molar-refractivity contribution in [3.8, 4) is 22.6 Å². The van der Waals surface area contributed by atoms with Gasteiger partial charge in [0.05, 0.1) is 26.2 Å². The first-order valence-electron chi connectivity index (χ1n) is 9.81. The normalized spacial score (nSPS) is 17.6. The largest absolute Gasteiger partial charge is 0.493 e. The highest BCUT2D eigenvalue weighted by molar-refractivity contribution is 5.92. The van der Waals surface area contributed by atoms with Gasteiger partial charge in [-0.3, -0.25) is 9.69 Å². The fourth-order valence-electron chi connectivity index (χ4n) is 3.91. The van der Waals surface area contributed by atoms with Crippen LogP contribution in [-0.2, 0) is 13.6 Å². The SMILES string of the molecule is COc1ccc(-c2cn(C)c(=O)c3cc(CN4CCNC[C@H]4C)oc23)cc1OC. The van der Waals surface area contributed by atoms with Crippen LogP contribution >= 0.6 is 0 Å². The molecule has 7 heteroatoms. The van der Waals surface area contributed by atoms with E-state index in [1.54, 1.807) is 25.8 Å². The first-order valence-corrected chi connectivity index (χ1v) is 9.81. The zero-order valence-electron chi connectivity index (χ0n) is 17.3. The molecule has 0 spiro atoms. The number of ether oxygens (including phenoxy) is 2. The van der Waals surface area contributed by atoms with Crippen LogP contribution in [0.2, 0.25) is 0 Å². The van der Waals surface area contributed by atoms with E-state index in [-0.39, 0.29) is 5.56 Å². The molecule has 3 heterocycles. The second kappa shape index (κ2) is 7.93. The van der Waals surface area contributed by atoms with Crippen molar-refractivity contribution < 1.29 is 13.9 Å². The molecule has 29 heavy (non-hydrogen) atoms. The van der Waals surface area contributed by atoms with E-state index in [1.807, 2.05) is 30.5 Å². The molecule has 0 aliphatic carbocycles. The Bertz CT molecular complexity index is 1090. The van der Waals surface area contributed by atoms with Crippen LogP contribution in [0, 0.1) is 0 Å². The third kappa shape index (κ3) is 3.63. The Kier molecular flexibility index (Phi) is 5.34. The van der Waals surface area contributed by atoms with Crippen LogP contribution in [0.3, 0.4) is 0 Å². The molecule has 7 nitrogen and oxygen atoms in total. The van der Waals surface area contributed by atoms with Gasteiger partial charge in [0, 0.05) is 44.5 Å². The molecule has 1 saturated heterocycles. The molecule has 0 bridgehead atoms. The van der Waals surface area contributed by atoms with Gasteiger partial charge in [0.25, 0.3) is 5.56 Å². The van der Waals surface area contributed by atoms with Gasteiger partial charge in [0.2, 0.25) is 0 Å². The van der Waals surface area contributed by atoms with Crippen molar-refractivity contribution in [2.75, 3.05) is 33.9 Å². The minimum atomic E-state index is -0.0624. The maximum atomic E-state index is 12.7. The summed E-state index contributed by atoms with van der Waals surface area (Å²) in [6, 6.07) is 8.01. The van der Waals surface area contributed by atoms with E-state index >= 15 is 0 Å². The number of pyridine rings is 1. The summed E-state index contributed by atoms with van der Waals surface area (Å²) in [5, 5.41) is 3.99. The third-order valence-corrected chi connectivity index (χ3v) is 5.59. The van der Waals surface area contributed by atoms with E-state index in [9.17, 15) is 4.79 Å². The van der Waals surface area contributed by atoms with Crippen molar-refractivity contribution in [3.63, 3.8) is 0 Å². The van der Waals surface area contributed by atoms with Crippen molar-refractivity contribution in [2.24, 2.45) is 7.05 Å². The van der Waals surface area contributed by atoms with Gasteiger partial charge in [-0.05, 0) is 30.7 Å². The van der Waals surface area contributed by atoms with Gasteiger partial charge in [0.1, 0.15) is 11.3 Å². The highest BCUT2D eigenvalue weighted by Gasteiger charge is 2.21. The van der Waals surface area contributed by atoms with Gasteiger partial charge in [-0.1, -0.05) is 6.07 Å². The Morgan fingerprint density at radius 1 is 1.21 bits per heavy atom. The standard InChI is InChI=1S/C22H27N3O4/c1-14-11-23-7-8-25(14)12-16-10-17-21(29-16)18(13-24(2)22(17)26)15-5-6-19(27-3)20(9-15)28-4/h5-6,9-10,13-14,23H,7-8,11-12H2,1-4H3/t14-/m1/s1. The number of nitrogens with one attached hydrogen (secondary N) is 1. The second-order valence-electron chi connectivity index (χ2n) is 7.51. The number of piperazine rings is 1.